The molecular weight excluding hydrogens is 313 g/mol. The highest BCUT2D eigenvalue weighted by atomic mass is 32.2. The lowest BCUT2D eigenvalue weighted by Gasteiger charge is -2.12. The molecule has 0 amide bonds. The third-order valence-corrected chi connectivity index (χ3v) is 5.24. The maximum absolute atomic E-state index is 13.0. The summed E-state index contributed by atoms with van der Waals surface area (Å²) in [7, 11) is 0. The van der Waals surface area contributed by atoms with E-state index in [1.807, 2.05) is 24.3 Å². The second-order valence-electron chi connectivity index (χ2n) is 5.21. The van der Waals surface area contributed by atoms with Gasteiger partial charge in [0.25, 0.3) is 0 Å². The van der Waals surface area contributed by atoms with Gasteiger partial charge in [-0.25, -0.2) is 4.79 Å². The number of alkyl halides is 3. The van der Waals surface area contributed by atoms with Crippen LogP contribution in [0.1, 0.15) is 5.56 Å². The van der Waals surface area contributed by atoms with Crippen molar-refractivity contribution >= 4 is 33.5 Å². The van der Waals surface area contributed by atoms with Crippen LogP contribution in [-0.2, 0) is 6.42 Å². The Hall–Kier alpha value is -1.95. The largest absolute Gasteiger partial charge is 0.422 e. The van der Waals surface area contributed by atoms with Gasteiger partial charge in [0, 0.05) is 5.39 Å². The van der Waals surface area contributed by atoms with Crippen LogP contribution in [0.2, 0.25) is 0 Å². The zero-order chi connectivity index (χ0) is 15.5. The summed E-state index contributed by atoms with van der Waals surface area (Å²) in [6.07, 6.45) is -4.54. The molecule has 0 bridgehead atoms. The Balaban J connectivity index is 2.08. The molecule has 0 spiro atoms. The van der Waals surface area contributed by atoms with Gasteiger partial charge in [0.05, 0.1) is 4.90 Å². The SMILES string of the molecule is O=c1oc2ccc3ccccc3c2c2c1S[C@@H](C(F)(F)F)C2. The summed E-state index contributed by atoms with van der Waals surface area (Å²) in [4.78, 5) is 12.1. The first-order valence-corrected chi connectivity index (χ1v) is 7.54. The Labute approximate surface area is 126 Å². The van der Waals surface area contributed by atoms with E-state index in [0.717, 1.165) is 10.8 Å². The molecule has 0 radical (unpaired) electrons. The fraction of sp³-hybridized carbons (Fsp3) is 0.188. The van der Waals surface area contributed by atoms with Crippen LogP contribution >= 0.6 is 11.8 Å². The standard InChI is InChI=1S/C16H9F3O2S/c17-16(18,19)12-7-10-13-9-4-2-1-3-8(9)5-6-11(13)21-15(20)14(10)22-12/h1-6,12H,7H2/t12-/m1/s1. The van der Waals surface area contributed by atoms with Gasteiger partial charge >= 0.3 is 11.8 Å². The average molecular weight is 322 g/mol. The summed E-state index contributed by atoms with van der Waals surface area (Å²) < 4.78 is 44.3. The lowest BCUT2D eigenvalue weighted by Crippen LogP contribution is -2.24. The highest BCUT2D eigenvalue weighted by Crippen LogP contribution is 2.46. The molecule has 1 aliphatic heterocycles. The predicted octanol–water partition coefficient (Wildman–Crippen LogP) is 4.53. The molecular formula is C16H9F3O2S. The average Bonchev–Trinajstić information content (AvgIpc) is 2.93. The van der Waals surface area contributed by atoms with Crippen molar-refractivity contribution in [2.24, 2.45) is 0 Å². The van der Waals surface area contributed by atoms with Gasteiger partial charge in [0.1, 0.15) is 10.8 Å². The maximum Gasteiger partial charge on any atom is 0.401 e. The molecule has 2 heterocycles. The van der Waals surface area contributed by atoms with Crippen LogP contribution in [-0.4, -0.2) is 11.4 Å². The number of hydrogen-bond donors (Lipinski definition) is 0. The van der Waals surface area contributed by atoms with E-state index >= 15 is 0 Å². The molecule has 4 rings (SSSR count). The first-order valence-electron chi connectivity index (χ1n) is 6.66. The quantitative estimate of drug-likeness (QED) is 0.450. The number of rotatable bonds is 0. The molecule has 3 aromatic rings. The second-order valence-corrected chi connectivity index (χ2v) is 6.42. The third-order valence-electron chi connectivity index (χ3n) is 3.87. The van der Waals surface area contributed by atoms with E-state index in [9.17, 15) is 18.0 Å². The summed E-state index contributed by atoms with van der Waals surface area (Å²) >= 11 is 0.562. The Morgan fingerprint density at radius 2 is 1.91 bits per heavy atom. The van der Waals surface area contributed by atoms with Gasteiger partial charge in [0.2, 0.25) is 0 Å². The van der Waals surface area contributed by atoms with E-state index in [4.69, 9.17) is 4.42 Å². The van der Waals surface area contributed by atoms with E-state index in [1.54, 1.807) is 12.1 Å². The van der Waals surface area contributed by atoms with Crippen molar-refractivity contribution in [3.05, 3.63) is 52.4 Å². The van der Waals surface area contributed by atoms with Crippen molar-refractivity contribution in [2.75, 3.05) is 0 Å². The molecule has 0 N–H and O–H groups in total. The molecule has 0 fully saturated rings. The monoisotopic (exact) mass is 322 g/mol. The molecule has 2 nitrogen and oxygen atoms in total. The summed E-state index contributed by atoms with van der Waals surface area (Å²) in [5.74, 6) is 0. The van der Waals surface area contributed by atoms with Crippen molar-refractivity contribution < 1.29 is 17.6 Å². The summed E-state index contributed by atoms with van der Waals surface area (Å²) in [6.45, 7) is 0. The minimum absolute atomic E-state index is 0.0891. The van der Waals surface area contributed by atoms with Crippen molar-refractivity contribution in [2.45, 2.75) is 22.7 Å². The third kappa shape index (κ3) is 1.94. The van der Waals surface area contributed by atoms with Crippen LogP contribution in [0.4, 0.5) is 13.2 Å². The molecule has 0 unspecified atom stereocenters. The molecule has 1 aliphatic rings. The van der Waals surface area contributed by atoms with Crippen molar-refractivity contribution in [3.8, 4) is 0 Å². The molecule has 1 atom stereocenters. The Morgan fingerprint density at radius 1 is 1.14 bits per heavy atom. The molecule has 22 heavy (non-hydrogen) atoms. The van der Waals surface area contributed by atoms with Gasteiger partial charge in [0.15, 0.2) is 0 Å². The number of thioether (sulfide) groups is 1. The molecule has 0 saturated carbocycles. The normalized spacial score (nSPS) is 18.0. The van der Waals surface area contributed by atoms with E-state index in [-0.39, 0.29) is 11.3 Å². The van der Waals surface area contributed by atoms with Crippen LogP contribution in [0.3, 0.4) is 0 Å². The Kier molecular flexibility index (Phi) is 2.81. The van der Waals surface area contributed by atoms with Gasteiger partial charge in [-0.3, -0.25) is 0 Å². The van der Waals surface area contributed by atoms with Gasteiger partial charge in [-0.1, -0.05) is 30.3 Å². The number of hydrogen-bond acceptors (Lipinski definition) is 3. The summed E-state index contributed by atoms with van der Waals surface area (Å²) in [5.41, 5.74) is 0.107. The fourth-order valence-corrected chi connectivity index (χ4v) is 4.03. The highest BCUT2D eigenvalue weighted by molar-refractivity contribution is 8.00. The minimum atomic E-state index is -4.34. The van der Waals surface area contributed by atoms with Crippen LogP contribution < -0.4 is 5.63 Å². The van der Waals surface area contributed by atoms with Crippen molar-refractivity contribution in [1.82, 2.24) is 0 Å². The lowest BCUT2D eigenvalue weighted by molar-refractivity contribution is -0.127. The molecule has 0 aliphatic carbocycles. The molecule has 0 saturated heterocycles. The van der Waals surface area contributed by atoms with Gasteiger partial charge in [-0.05, 0) is 28.8 Å². The smallest absolute Gasteiger partial charge is 0.401 e. The fourth-order valence-electron chi connectivity index (χ4n) is 2.90. The van der Waals surface area contributed by atoms with E-state index < -0.39 is 17.1 Å². The van der Waals surface area contributed by atoms with Crippen LogP contribution in [0.15, 0.2) is 50.5 Å². The lowest BCUT2D eigenvalue weighted by atomic mass is 9.99. The number of benzene rings is 2. The number of halogens is 3. The topological polar surface area (TPSA) is 30.2 Å². The number of fused-ring (bicyclic) bond motifs is 5. The highest BCUT2D eigenvalue weighted by Gasteiger charge is 2.45. The minimum Gasteiger partial charge on any atom is -0.422 e. The Morgan fingerprint density at radius 3 is 2.68 bits per heavy atom. The summed E-state index contributed by atoms with van der Waals surface area (Å²) in [6, 6.07) is 10.9. The maximum atomic E-state index is 13.0. The summed E-state index contributed by atoms with van der Waals surface area (Å²) in [5, 5.41) is 0.747. The predicted molar refractivity (Wildman–Crippen MR) is 79.4 cm³/mol. The zero-order valence-electron chi connectivity index (χ0n) is 11.1. The first-order chi connectivity index (χ1) is 10.4. The first kappa shape index (κ1) is 13.7. The van der Waals surface area contributed by atoms with E-state index in [0.29, 0.717) is 28.3 Å². The van der Waals surface area contributed by atoms with Gasteiger partial charge < -0.3 is 4.42 Å². The zero-order valence-corrected chi connectivity index (χ0v) is 11.9. The van der Waals surface area contributed by atoms with Crippen molar-refractivity contribution in [3.63, 3.8) is 0 Å². The second kappa shape index (κ2) is 4.52. The van der Waals surface area contributed by atoms with Crippen LogP contribution in [0.5, 0.6) is 0 Å². The van der Waals surface area contributed by atoms with Crippen LogP contribution in [0.25, 0.3) is 21.7 Å². The molecule has 1 aromatic heterocycles. The van der Waals surface area contributed by atoms with Crippen LogP contribution in [0, 0.1) is 0 Å². The molecule has 6 heteroatoms. The van der Waals surface area contributed by atoms with Gasteiger partial charge in [-0.2, -0.15) is 13.2 Å². The molecule has 2 aromatic carbocycles. The Bertz CT molecular complexity index is 959. The van der Waals surface area contributed by atoms with Crippen molar-refractivity contribution in [1.29, 1.82) is 0 Å². The molecule has 112 valence electrons. The van der Waals surface area contributed by atoms with E-state index in [2.05, 4.69) is 0 Å². The van der Waals surface area contributed by atoms with E-state index in [1.165, 1.54) is 0 Å². The van der Waals surface area contributed by atoms with Gasteiger partial charge in [-0.15, -0.1) is 11.8 Å².